The number of benzene rings is 1. The maximum absolute atomic E-state index is 13.3. The van der Waals surface area contributed by atoms with Gasteiger partial charge in [0, 0.05) is 23.7 Å². The Morgan fingerprint density at radius 2 is 2.19 bits per heavy atom. The Kier molecular flexibility index (Phi) is 3.33. The van der Waals surface area contributed by atoms with Crippen LogP contribution in [0.3, 0.4) is 0 Å². The van der Waals surface area contributed by atoms with Crippen molar-refractivity contribution in [2.24, 2.45) is 0 Å². The molecule has 0 saturated carbocycles. The molecule has 5 heteroatoms. The molecule has 3 rings (SSSR count). The van der Waals surface area contributed by atoms with Crippen LogP contribution in [0.25, 0.3) is 11.0 Å². The minimum absolute atomic E-state index is 0.227. The van der Waals surface area contributed by atoms with Crippen molar-refractivity contribution in [3.8, 4) is 0 Å². The van der Waals surface area contributed by atoms with Crippen LogP contribution in [0.4, 0.5) is 4.39 Å². The number of nitrogens with zero attached hydrogens (tertiary/aromatic N) is 2. The zero-order valence-electron chi connectivity index (χ0n) is 11.9. The molecule has 0 radical (unpaired) electrons. The quantitative estimate of drug-likeness (QED) is 0.687. The van der Waals surface area contributed by atoms with Crippen LogP contribution in [-0.4, -0.2) is 15.6 Å². The monoisotopic (exact) mass is 286 g/mol. The standard InChI is InChI=1S/C16H15FN2O2/c1-3-8-19-13(6-7-18-19)15(20)16-10(2)12-9-11(17)4-5-14(12)21-16/h4-7,9H,3,8H2,1-2H3. The summed E-state index contributed by atoms with van der Waals surface area (Å²) in [6, 6.07) is 5.91. The minimum atomic E-state index is -0.346. The van der Waals surface area contributed by atoms with Crippen LogP contribution >= 0.6 is 0 Å². The van der Waals surface area contributed by atoms with Gasteiger partial charge in [-0.3, -0.25) is 9.48 Å². The summed E-state index contributed by atoms with van der Waals surface area (Å²) in [7, 11) is 0. The molecule has 0 amide bonds. The Morgan fingerprint density at radius 1 is 1.38 bits per heavy atom. The number of hydrogen-bond donors (Lipinski definition) is 0. The largest absolute Gasteiger partial charge is 0.452 e. The molecule has 3 aromatic rings. The first-order valence-electron chi connectivity index (χ1n) is 6.87. The maximum Gasteiger partial charge on any atom is 0.246 e. The molecule has 1 aromatic carbocycles. The molecule has 0 N–H and O–H groups in total. The van der Waals surface area contributed by atoms with Crippen molar-refractivity contribution in [3.05, 3.63) is 53.3 Å². The van der Waals surface area contributed by atoms with E-state index in [1.807, 2.05) is 6.92 Å². The van der Waals surface area contributed by atoms with E-state index in [9.17, 15) is 9.18 Å². The third-order valence-electron chi connectivity index (χ3n) is 3.49. The van der Waals surface area contributed by atoms with E-state index < -0.39 is 0 Å². The topological polar surface area (TPSA) is 48.0 Å². The highest BCUT2D eigenvalue weighted by atomic mass is 19.1. The molecular formula is C16H15FN2O2. The van der Waals surface area contributed by atoms with Gasteiger partial charge in [-0.2, -0.15) is 5.10 Å². The van der Waals surface area contributed by atoms with Crippen molar-refractivity contribution in [1.82, 2.24) is 9.78 Å². The van der Waals surface area contributed by atoms with Crippen molar-refractivity contribution < 1.29 is 13.6 Å². The molecule has 0 unspecified atom stereocenters. The molecule has 0 aliphatic carbocycles. The second-order valence-electron chi connectivity index (χ2n) is 4.97. The fraction of sp³-hybridized carbons (Fsp3) is 0.250. The van der Waals surface area contributed by atoms with Crippen LogP contribution in [0.15, 0.2) is 34.9 Å². The Balaban J connectivity index is 2.09. The summed E-state index contributed by atoms with van der Waals surface area (Å²) in [5.41, 5.74) is 1.65. The predicted molar refractivity (Wildman–Crippen MR) is 76.9 cm³/mol. The van der Waals surface area contributed by atoms with Crippen LogP contribution in [0.5, 0.6) is 0 Å². The first-order chi connectivity index (χ1) is 10.1. The lowest BCUT2D eigenvalue weighted by Gasteiger charge is -2.03. The molecule has 108 valence electrons. The van der Waals surface area contributed by atoms with Gasteiger partial charge in [0.2, 0.25) is 5.78 Å². The van der Waals surface area contributed by atoms with E-state index in [1.165, 1.54) is 18.2 Å². The lowest BCUT2D eigenvalue weighted by Crippen LogP contribution is -2.11. The number of ketones is 1. The number of halogens is 1. The summed E-state index contributed by atoms with van der Waals surface area (Å²) in [5, 5.41) is 4.77. The molecule has 0 saturated heterocycles. The Hall–Kier alpha value is -2.43. The summed E-state index contributed by atoms with van der Waals surface area (Å²) < 4.78 is 20.6. The summed E-state index contributed by atoms with van der Waals surface area (Å²) in [6.45, 7) is 4.45. The van der Waals surface area contributed by atoms with E-state index in [0.29, 0.717) is 28.8 Å². The van der Waals surface area contributed by atoms with Gasteiger partial charge in [0.1, 0.15) is 17.1 Å². The van der Waals surface area contributed by atoms with Crippen LogP contribution in [0, 0.1) is 12.7 Å². The number of rotatable bonds is 4. The molecule has 21 heavy (non-hydrogen) atoms. The second kappa shape index (κ2) is 5.16. The maximum atomic E-state index is 13.3. The molecule has 0 spiro atoms. The minimum Gasteiger partial charge on any atom is -0.452 e. The van der Waals surface area contributed by atoms with Crippen molar-refractivity contribution in [3.63, 3.8) is 0 Å². The van der Waals surface area contributed by atoms with E-state index in [0.717, 1.165) is 6.42 Å². The lowest BCUT2D eigenvalue weighted by molar-refractivity contribution is 0.1000. The fourth-order valence-corrected chi connectivity index (χ4v) is 2.44. The highest BCUT2D eigenvalue weighted by Gasteiger charge is 2.22. The molecule has 0 aliphatic rings. The fourth-order valence-electron chi connectivity index (χ4n) is 2.44. The van der Waals surface area contributed by atoms with Crippen LogP contribution < -0.4 is 0 Å². The highest BCUT2D eigenvalue weighted by molar-refractivity contribution is 6.09. The van der Waals surface area contributed by atoms with Gasteiger partial charge in [-0.25, -0.2) is 4.39 Å². The van der Waals surface area contributed by atoms with Gasteiger partial charge in [-0.15, -0.1) is 0 Å². The van der Waals surface area contributed by atoms with E-state index >= 15 is 0 Å². The van der Waals surface area contributed by atoms with Crippen LogP contribution in [0.2, 0.25) is 0 Å². The van der Waals surface area contributed by atoms with E-state index in [-0.39, 0.29) is 17.4 Å². The first-order valence-corrected chi connectivity index (χ1v) is 6.87. The average Bonchev–Trinajstić information content (AvgIpc) is 3.04. The number of aryl methyl sites for hydroxylation is 2. The molecule has 2 aromatic heterocycles. The highest BCUT2D eigenvalue weighted by Crippen LogP contribution is 2.27. The van der Waals surface area contributed by atoms with Crippen molar-refractivity contribution in [2.45, 2.75) is 26.8 Å². The van der Waals surface area contributed by atoms with Crippen molar-refractivity contribution >= 4 is 16.8 Å². The van der Waals surface area contributed by atoms with Crippen molar-refractivity contribution in [2.75, 3.05) is 0 Å². The van der Waals surface area contributed by atoms with Crippen LogP contribution in [0.1, 0.15) is 35.2 Å². The summed E-state index contributed by atoms with van der Waals surface area (Å²) in [5.74, 6) is -0.329. The third-order valence-corrected chi connectivity index (χ3v) is 3.49. The molecule has 0 fully saturated rings. The number of aromatic nitrogens is 2. The SMILES string of the molecule is CCCn1nccc1C(=O)c1oc2ccc(F)cc2c1C. The Morgan fingerprint density at radius 3 is 2.95 bits per heavy atom. The second-order valence-corrected chi connectivity index (χ2v) is 4.97. The molecule has 4 nitrogen and oxygen atoms in total. The molecule has 0 bridgehead atoms. The van der Waals surface area contributed by atoms with E-state index in [1.54, 1.807) is 23.9 Å². The van der Waals surface area contributed by atoms with Gasteiger partial charge in [0.05, 0.1) is 0 Å². The zero-order valence-corrected chi connectivity index (χ0v) is 11.9. The first kappa shape index (κ1) is 13.5. The normalized spacial score (nSPS) is 11.2. The van der Waals surface area contributed by atoms with Gasteiger partial charge < -0.3 is 4.42 Å². The Labute approximate surface area is 121 Å². The Bertz CT molecular complexity index is 817. The average molecular weight is 286 g/mol. The molecular weight excluding hydrogens is 271 g/mol. The molecule has 0 atom stereocenters. The lowest BCUT2D eigenvalue weighted by atomic mass is 10.1. The zero-order chi connectivity index (χ0) is 15.0. The van der Waals surface area contributed by atoms with Gasteiger partial charge >= 0.3 is 0 Å². The smallest absolute Gasteiger partial charge is 0.246 e. The van der Waals surface area contributed by atoms with E-state index in [4.69, 9.17) is 4.42 Å². The number of carbonyl (C=O) groups is 1. The summed E-state index contributed by atoms with van der Waals surface area (Å²) in [6.07, 6.45) is 2.48. The number of carbonyl (C=O) groups excluding carboxylic acids is 1. The van der Waals surface area contributed by atoms with E-state index in [2.05, 4.69) is 5.10 Å². The van der Waals surface area contributed by atoms with Gasteiger partial charge in [0.15, 0.2) is 5.76 Å². The van der Waals surface area contributed by atoms with Gasteiger partial charge in [-0.1, -0.05) is 6.92 Å². The molecule has 2 heterocycles. The summed E-state index contributed by atoms with van der Waals surface area (Å²) in [4.78, 5) is 12.6. The third kappa shape index (κ3) is 2.24. The molecule has 0 aliphatic heterocycles. The number of furan rings is 1. The summed E-state index contributed by atoms with van der Waals surface area (Å²) >= 11 is 0. The van der Waals surface area contributed by atoms with Crippen molar-refractivity contribution in [1.29, 1.82) is 0 Å². The number of hydrogen-bond acceptors (Lipinski definition) is 3. The van der Waals surface area contributed by atoms with Gasteiger partial charge in [0.25, 0.3) is 0 Å². The van der Waals surface area contributed by atoms with Crippen LogP contribution in [-0.2, 0) is 6.54 Å². The predicted octanol–water partition coefficient (Wildman–Crippen LogP) is 3.72. The van der Waals surface area contributed by atoms with Gasteiger partial charge in [-0.05, 0) is 37.6 Å². The number of fused-ring (bicyclic) bond motifs is 1.